The number of aliphatic hydroxyl groups excluding tert-OH is 1. The molecule has 6 atom stereocenters. The van der Waals surface area contributed by atoms with Gasteiger partial charge in [0, 0.05) is 25.7 Å². The van der Waals surface area contributed by atoms with Gasteiger partial charge in [-0.1, -0.05) is 393 Å². The minimum Gasteiger partial charge on any atom is -0.462 e. The van der Waals surface area contributed by atoms with Crippen LogP contribution in [-0.2, 0) is 65.4 Å². The first kappa shape index (κ1) is 105. The van der Waals surface area contributed by atoms with Crippen LogP contribution in [0.5, 0.6) is 0 Å². The lowest BCUT2D eigenvalue weighted by Gasteiger charge is -2.21. The molecule has 0 heterocycles. The van der Waals surface area contributed by atoms with Crippen LogP contribution in [0.15, 0.2) is 24.3 Å². The molecule has 0 rings (SSSR count). The fraction of sp³-hybridized carbons (Fsp3) is 0.909. The van der Waals surface area contributed by atoms with E-state index in [0.717, 1.165) is 115 Å². The molecule has 3 unspecified atom stereocenters. The molecule has 0 saturated carbocycles. The van der Waals surface area contributed by atoms with Gasteiger partial charge in [-0.25, -0.2) is 9.13 Å². The van der Waals surface area contributed by atoms with Crippen molar-refractivity contribution in [2.45, 2.75) is 464 Å². The summed E-state index contributed by atoms with van der Waals surface area (Å²) in [5.41, 5.74) is 0. The number of phosphoric acid groups is 2. The summed E-state index contributed by atoms with van der Waals surface area (Å²) in [5.74, 6) is -0.537. The molecule has 3 N–H and O–H groups in total. The van der Waals surface area contributed by atoms with Crippen LogP contribution in [0.4, 0.5) is 0 Å². The van der Waals surface area contributed by atoms with Crippen molar-refractivity contribution in [3.63, 3.8) is 0 Å². The molecule has 0 aliphatic heterocycles. The monoisotopic (exact) mass is 1560 g/mol. The van der Waals surface area contributed by atoms with Gasteiger partial charge in [0.1, 0.15) is 19.3 Å². The Morgan fingerprint density at radius 2 is 0.551 bits per heavy atom. The minimum absolute atomic E-state index is 0.0849. The van der Waals surface area contributed by atoms with E-state index in [1.54, 1.807) is 0 Å². The van der Waals surface area contributed by atoms with E-state index in [4.69, 9.17) is 37.0 Å². The SMILES string of the molecule is CCCCCC/C=C\C=C/CCCCCCCC(=O)O[C@H](COC(=O)CCCCCCCCCCC(C)CC)COP(=O)(O)OC[C@H](O)COP(=O)(O)OC[C@@H](COC(=O)CCCCCCCCCCCCCCCCCCCCC)OC(=O)CCCCCCCCCCCCCCCCCCCCC(C)C. The van der Waals surface area contributed by atoms with E-state index in [9.17, 15) is 43.2 Å². The average molecular weight is 1560 g/mol. The van der Waals surface area contributed by atoms with Crippen LogP contribution in [-0.4, -0.2) is 96.7 Å². The molecule has 0 saturated heterocycles. The number of esters is 4. The molecule has 0 aliphatic carbocycles. The highest BCUT2D eigenvalue weighted by Crippen LogP contribution is 2.45. The number of unbranched alkanes of at least 4 members (excludes halogenated alkanes) is 51. The van der Waals surface area contributed by atoms with Crippen molar-refractivity contribution in [1.29, 1.82) is 0 Å². The zero-order valence-corrected chi connectivity index (χ0v) is 71.7. The highest BCUT2D eigenvalue weighted by molar-refractivity contribution is 7.47. The maximum atomic E-state index is 13.2. The number of hydrogen-bond acceptors (Lipinski definition) is 15. The van der Waals surface area contributed by atoms with Gasteiger partial charge in [-0.2, -0.15) is 0 Å². The summed E-state index contributed by atoms with van der Waals surface area (Å²) in [5, 5.41) is 10.7. The molecular weight excluding hydrogens is 1390 g/mol. The van der Waals surface area contributed by atoms with Crippen LogP contribution in [0, 0.1) is 11.8 Å². The highest BCUT2D eigenvalue weighted by atomic mass is 31.2. The van der Waals surface area contributed by atoms with Crippen molar-refractivity contribution in [3.8, 4) is 0 Å². The Balaban J connectivity index is 5.28. The number of ether oxygens (including phenoxy) is 4. The summed E-state index contributed by atoms with van der Waals surface area (Å²) < 4.78 is 68.9. The number of aliphatic hydroxyl groups is 1. The Labute approximate surface area is 656 Å². The van der Waals surface area contributed by atoms with Gasteiger partial charge in [0.25, 0.3) is 0 Å². The maximum absolute atomic E-state index is 13.2. The lowest BCUT2D eigenvalue weighted by molar-refractivity contribution is -0.161. The quantitative estimate of drug-likeness (QED) is 0.0169. The molecule has 17 nitrogen and oxygen atoms in total. The number of carbonyl (C=O) groups excluding carboxylic acids is 4. The fourth-order valence-electron chi connectivity index (χ4n) is 13.2. The van der Waals surface area contributed by atoms with Gasteiger partial charge in [0.2, 0.25) is 0 Å². The first-order valence-corrected chi connectivity index (χ1v) is 47.8. The van der Waals surface area contributed by atoms with Gasteiger partial charge in [-0.05, 0) is 63.2 Å². The third-order valence-corrected chi connectivity index (χ3v) is 22.3. The summed E-state index contributed by atoms with van der Waals surface area (Å²) in [6.45, 7) is 9.65. The second kappa shape index (κ2) is 78.8. The van der Waals surface area contributed by atoms with Crippen LogP contribution < -0.4 is 0 Å². The summed E-state index contributed by atoms with van der Waals surface area (Å²) in [4.78, 5) is 73.3. The normalized spacial score (nSPS) is 14.2. The van der Waals surface area contributed by atoms with E-state index in [1.807, 2.05) is 0 Å². The standard InChI is InChI=1S/C88H168O17P2/c1-7-10-12-14-16-18-20-22-24-25-26-30-34-37-41-45-52-58-64-70-85(90)98-76-83(104-87(92)73-67-61-55-47-43-39-35-31-28-27-29-33-36-40-44-50-56-62-68-80(4)5)78-102-106(94,95)100-74-82(89)75-101-107(96,97)103-79-84(77-99-86(91)71-65-59-53-49-48-51-57-63-69-81(6)9-3)105-88(93)72-66-60-54-46-42-38-32-23-21-19-17-15-13-11-8-2/h19,21,23,32,80-84,89H,7-18,20,22,24-31,33-79H2,1-6H3,(H,94,95)(H,96,97)/b21-19-,32-23-/t81?,82-,83-,84-/m1/s1. The van der Waals surface area contributed by atoms with Crippen molar-refractivity contribution in [2.75, 3.05) is 39.6 Å². The second-order valence-corrected chi connectivity index (χ2v) is 34.6. The Hall–Kier alpha value is -2.46. The van der Waals surface area contributed by atoms with E-state index in [1.165, 1.54) is 250 Å². The van der Waals surface area contributed by atoms with Crippen molar-refractivity contribution < 1.29 is 80.2 Å². The minimum atomic E-state index is -4.97. The molecule has 0 bridgehead atoms. The predicted octanol–water partition coefficient (Wildman–Crippen LogP) is 26.6. The fourth-order valence-corrected chi connectivity index (χ4v) is 14.8. The zero-order chi connectivity index (χ0) is 78.5. The third-order valence-electron chi connectivity index (χ3n) is 20.4. The molecule has 0 amide bonds. The molecular formula is C88H168O17P2. The number of allylic oxidation sites excluding steroid dienone is 4. The van der Waals surface area contributed by atoms with E-state index in [0.29, 0.717) is 25.7 Å². The van der Waals surface area contributed by atoms with Gasteiger partial charge in [0.05, 0.1) is 26.4 Å². The molecule has 0 aromatic heterocycles. The van der Waals surface area contributed by atoms with Crippen LogP contribution in [0.1, 0.15) is 446 Å². The van der Waals surface area contributed by atoms with E-state index >= 15 is 0 Å². The first-order chi connectivity index (χ1) is 51.9. The highest BCUT2D eigenvalue weighted by Gasteiger charge is 2.30. The molecule has 0 aromatic carbocycles. The van der Waals surface area contributed by atoms with Gasteiger partial charge in [-0.3, -0.25) is 37.3 Å². The topological polar surface area (TPSA) is 237 Å². The maximum Gasteiger partial charge on any atom is 0.472 e. The average Bonchev–Trinajstić information content (AvgIpc) is 0.906. The lowest BCUT2D eigenvalue weighted by atomic mass is 9.99. The third kappa shape index (κ3) is 80.0. The number of rotatable bonds is 85. The van der Waals surface area contributed by atoms with E-state index in [-0.39, 0.29) is 25.7 Å². The Kier molecular flexibility index (Phi) is 77.0. The van der Waals surface area contributed by atoms with Gasteiger partial charge < -0.3 is 33.8 Å². The van der Waals surface area contributed by atoms with Crippen LogP contribution in [0.25, 0.3) is 0 Å². The number of phosphoric ester groups is 2. The van der Waals surface area contributed by atoms with E-state index in [2.05, 4.69) is 65.8 Å². The van der Waals surface area contributed by atoms with Crippen LogP contribution in [0.3, 0.4) is 0 Å². The molecule has 0 spiro atoms. The summed E-state index contributed by atoms with van der Waals surface area (Å²) in [7, 11) is -9.94. The molecule has 107 heavy (non-hydrogen) atoms. The van der Waals surface area contributed by atoms with Crippen molar-refractivity contribution in [3.05, 3.63) is 24.3 Å². The Morgan fingerprint density at radius 1 is 0.308 bits per heavy atom. The molecule has 0 radical (unpaired) electrons. The Morgan fingerprint density at radius 3 is 0.841 bits per heavy atom. The summed E-state index contributed by atoms with van der Waals surface area (Å²) in [6, 6.07) is 0. The molecule has 632 valence electrons. The zero-order valence-electron chi connectivity index (χ0n) is 69.9. The van der Waals surface area contributed by atoms with Crippen LogP contribution >= 0.6 is 15.6 Å². The first-order valence-electron chi connectivity index (χ1n) is 44.8. The Bertz CT molecular complexity index is 2140. The largest absolute Gasteiger partial charge is 0.472 e. The predicted molar refractivity (Wildman–Crippen MR) is 441 cm³/mol. The smallest absolute Gasteiger partial charge is 0.462 e. The van der Waals surface area contributed by atoms with Crippen LogP contribution in [0.2, 0.25) is 0 Å². The summed E-state index contributed by atoms with van der Waals surface area (Å²) >= 11 is 0. The van der Waals surface area contributed by atoms with Crippen molar-refractivity contribution in [1.82, 2.24) is 0 Å². The molecule has 0 aromatic rings. The number of hydrogen-bond donors (Lipinski definition) is 3. The molecule has 0 fully saturated rings. The van der Waals surface area contributed by atoms with Gasteiger partial charge in [-0.15, -0.1) is 0 Å². The van der Waals surface area contributed by atoms with Crippen molar-refractivity contribution >= 4 is 39.5 Å². The molecule has 0 aliphatic rings. The molecule has 19 heteroatoms. The van der Waals surface area contributed by atoms with E-state index < -0.39 is 97.5 Å². The van der Waals surface area contributed by atoms with Gasteiger partial charge >= 0.3 is 39.5 Å². The van der Waals surface area contributed by atoms with Crippen molar-refractivity contribution in [2.24, 2.45) is 11.8 Å². The number of carbonyl (C=O) groups is 4. The van der Waals surface area contributed by atoms with Gasteiger partial charge in [0.15, 0.2) is 12.2 Å². The lowest BCUT2D eigenvalue weighted by Crippen LogP contribution is -2.30. The second-order valence-electron chi connectivity index (χ2n) is 31.7. The summed E-state index contributed by atoms with van der Waals surface area (Å²) in [6.07, 6.45) is 74.4.